The third kappa shape index (κ3) is 5.24. The van der Waals surface area contributed by atoms with E-state index in [4.69, 9.17) is 18.8 Å². The van der Waals surface area contributed by atoms with Crippen molar-refractivity contribution in [2.24, 2.45) is 5.92 Å². The number of piperidine rings is 1. The number of rotatable bonds is 6. The Morgan fingerprint density at radius 3 is 2.16 bits per heavy atom. The summed E-state index contributed by atoms with van der Waals surface area (Å²) < 4.78 is 11.2. The molecule has 2 aromatic carbocycles. The van der Waals surface area contributed by atoms with Crippen molar-refractivity contribution in [3.8, 4) is 22.9 Å². The molecule has 6 rings (SSSR count). The Morgan fingerprint density at radius 1 is 0.838 bits per heavy atom. The molecule has 8 heteroatoms. The van der Waals surface area contributed by atoms with Gasteiger partial charge in [-0.25, -0.2) is 19.8 Å². The van der Waals surface area contributed by atoms with Crippen molar-refractivity contribution in [1.82, 2.24) is 20.4 Å². The van der Waals surface area contributed by atoms with Gasteiger partial charge in [-0.3, -0.25) is 5.43 Å². The Bertz CT molecular complexity index is 1480. The monoisotopic (exact) mass is 493 g/mol. The number of nitrogens with one attached hydrogen (secondary N) is 2. The number of aromatic nitrogens is 2. The van der Waals surface area contributed by atoms with Crippen molar-refractivity contribution in [1.29, 1.82) is 0 Å². The summed E-state index contributed by atoms with van der Waals surface area (Å²) in [5, 5.41) is 4.92. The molecule has 2 N–H and O–H groups in total. The minimum atomic E-state index is -0.271. The zero-order valence-electron chi connectivity index (χ0n) is 20.3. The Kier molecular flexibility index (Phi) is 6.39. The molecule has 0 unspecified atom stereocenters. The first kappa shape index (κ1) is 23.0. The van der Waals surface area contributed by atoms with Crippen molar-refractivity contribution in [2.75, 3.05) is 18.4 Å². The molecule has 0 spiro atoms. The first-order chi connectivity index (χ1) is 18.2. The van der Waals surface area contributed by atoms with Crippen LogP contribution < -0.4 is 10.7 Å². The molecule has 1 aliphatic heterocycles. The number of hydrogen-bond acceptors (Lipinski definition) is 6. The smallest absolute Gasteiger partial charge is 0.333 e. The van der Waals surface area contributed by atoms with Crippen molar-refractivity contribution in [3.05, 3.63) is 90.9 Å². The number of fused-ring (bicyclic) bond motifs is 1. The van der Waals surface area contributed by atoms with Crippen LogP contribution in [0.4, 0.5) is 10.5 Å². The van der Waals surface area contributed by atoms with Crippen LogP contribution in [-0.2, 0) is 6.42 Å². The first-order valence-electron chi connectivity index (χ1n) is 12.5. The fourth-order valence-corrected chi connectivity index (χ4v) is 4.80. The molecule has 0 radical (unpaired) electrons. The minimum Gasteiger partial charge on any atom is -0.463 e. The van der Waals surface area contributed by atoms with Crippen LogP contribution in [0.15, 0.2) is 94.2 Å². The molecule has 0 atom stereocenters. The number of hydrogen-bond donors (Lipinski definition) is 2. The van der Waals surface area contributed by atoms with Crippen LogP contribution >= 0.6 is 0 Å². The molecule has 1 fully saturated rings. The Labute approximate surface area is 214 Å². The number of benzene rings is 2. The molecule has 0 aliphatic carbocycles. The second kappa shape index (κ2) is 10.3. The number of carbonyl (C=O) groups is 1. The third-order valence-corrected chi connectivity index (χ3v) is 6.67. The van der Waals surface area contributed by atoms with Gasteiger partial charge in [-0.15, -0.1) is 0 Å². The van der Waals surface area contributed by atoms with E-state index < -0.39 is 0 Å². The summed E-state index contributed by atoms with van der Waals surface area (Å²) in [5.41, 5.74) is 7.49. The van der Waals surface area contributed by atoms with Crippen molar-refractivity contribution >= 4 is 22.8 Å². The van der Waals surface area contributed by atoms with Gasteiger partial charge in [0.15, 0.2) is 11.5 Å². The summed E-state index contributed by atoms with van der Waals surface area (Å²) >= 11 is 0. The van der Waals surface area contributed by atoms with E-state index in [2.05, 4.69) is 35.0 Å². The second-order valence-corrected chi connectivity index (χ2v) is 9.26. The molecule has 2 amide bonds. The molecule has 0 saturated carbocycles. The van der Waals surface area contributed by atoms with E-state index in [1.165, 1.54) is 5.56 Å². The largest absolute Gasteiger partial charge is 0.463 e. The number of furan rings is 2. The van der Waals surface area contributed by atoms with Crippen LogP contribution in [-0.4, -0.2) is 34.1 Å². The number of urea groups is 1. The summed E-state index contributed by atoms with van der Waals surface area (Å²) in [6, 6.07) is 23.1. The standard InChI is InChI=1S/C29H27N5O3/c35-29(33-34-14-12-21(13-15-34)18-20-6-2-1-3-7-20)30-22-10-11-23-24(19-22)32-28(26-9-5-17-37-26)27(31-23)25-8-4-16-36-25/h1-11,16-17,19,21H,12-15,18H2,(H2,30,33,35). The number of hydrazine groups is 1. The zero-order valence-corrected chi connectivity index (χ0v) is 20.3. The van der Waals surface area contributed by atoms with Gasteiger partial charge in [0.05, 0.1) is 23.6 Å². The second-order valence-electron chi connectivity index (χ2n) is 9.26. The van der Waals surface area contributed by atoms with Gasteiger partial charge in [0.25, 0.3) is 0 Å². The molecule has 4 heterocycles. The summed E-state index contributed by atoms with van der Waals surface area (Å²) in [6.07, 6.45) is 6.38. The molecule has 186 valence electrons. The predicted octanol–water partition coefficient (Wildman–Crippen LogP) is 6.14. The average molecular weight is 494 g/mol. The van der Waals surface area contributed by atoms with Gasteiger partial charge in [-0.05, 0) is 73.2 Å². The van der Waals surface area contributed by atoms with Gasteiger partial charge in [0, 0.05) is 18.8 Å². The van der Waals surface area contributed by atoms with Gasteiger partial charge < -0.3 is 14.2 Å². The van der Waals surface area contributed by atoms with Crippen LogP contribution in [0.2, 0.25) is 0 Å². The van der Waals surface area contributed by atoms with Crippen LogP contribution in [0.5, 0.6) is 0 Å². The maximum atomic E-state index is 12.7. The SMILES string of the molecule is O=C(Nc1ccc2nc(-c3ccco3)c(-c3ccco3)nc2c1)NN1CCC(Cc2ccccc2)CC1. The highest BCUT2D eigenvalue weighted by molar-refractivity contribution is 5.92. The maximum absolute atomic E-state index is 12.7. The highest BCUT2D eigenvalue weighted by Gasteiger charge is 2.21. The summed E-state index contributed by atoms with van der Waals surface area (Å²) in [6.45, 7) is 1.66. The summed E-state index contributed by atoms with van der Waals surface area (Å²) in [7, 11) is 0. The van der Waals surface area contributed by atoms with Crippen molar-refractivity contribution < 1.29 is 13.6 Å². The lowest BCUT2D eigenvalue weighted by atomic mass is 9.91. The van der Waals surface area contributed by atoms with Gasteiger partial charge in [-0.2, -0.15) is 0 Å². The lowest BCUT2D eigenvalue weighted by Crippen LogP contribution is -2.48. The first-order valence-corrected chi connectivity index (χ1v) is 12.5. The van der Waals surface area contributed by atoms with E-state index in [9.17, 15) is 4.79 Å². The van der Waals surface area contributed by atoms with Gasteiger partial charge in [0.1, 0.15) is 11.4 Å². The number of anilines is 1. The van der Waals surface area contributed by atoms with E-state index in [1.807, 2.05) is 47.5 Å². The summed E-state index contributed by atoms with van der Waals surface area (Å²) in [5.74, 6) is 1.83. The topological polar surface area (TPSA) is 96.4 Å². The predicted molar refractivity (Wildman–Crippen MR) is 142 cm³/mol. The number of amides is 2. The zero-order chi connectivity index (χ0) is 25.0. The van der Waals surface area contributed by atoms with E-state index >= 15 is 0 Å². The molecular weight excluding hydrogens is 466 g/mol. The number of nitrogens with zero attached hydrogens (tertiary/aromatic N) is 3. The molecular formula is C29H27N5O3. The summed E-state index contributed by atoms with van der Waals surface area (Å²) in [4.78, 5) is 22.3. The third-order valence-electron chi connectivity index (χ3n) is 6.67. The average Bonchev–Trinajstić information content (AvgIpc) is 3.65. The Hall–Kier alpha value is -4.43. The highest BCUT2D eigenvalue weighted by atomic mass is 16.3. The molecule has 5 aromatic rings. The minimum absolute atomic E-state index is 0.271. The fourth-order valence-electron chi connectivity index (χ4n) is 4.80. The maximum Gasteiger partial charge on any atom is 0.333 e. The molecule has 37 heavy (non-hydrogen) atoms. The fraction of sp³-hybridized carbons (Fsp3) is 0.207. The van der Waals surface area contributed by atoms with Gasteiger partial charge >= 0.3 is 6.03 Å². The van der Waals surface area contributed by atoms with E-state index in [0.29, 0.717) is 45.5 Å². The molecule has 8 nitrogen and oxygen atoms in total. The lowest BCUT2D eigenvalue weighted by Gasteiger charge is -2.32. The Morgan fingerprint density at radius 2 is 1.51 bits per heavy atom. The lowest BCUT2D eigenvalue weighted by molar-refractivity contribution is 0.135. The molecule has 1 aliphatic rings. The van der Waals surface area contributed by atoms with Crippen molar-refractivity contribution in [3.63, 3.8) is 0 Å². The quantitative estimate of drug-likeness (QED) is 0.295. The number of carbonyl (C=O) groups excluding carboxylic acids is 1. The molecule has 0 bridgehead atoms. The van der Waals surface area contributed by atoms with Crippen LogP contribution in [0, 0.1) is 5.92 Å². The van der Waals surface area contributed by atoms with Crippen LogP contribution in [0.1, 0.15) is 18.4 Å². The van der Waals surface area contributed by atoms with Crippen LogP contribution in [0.3, 0.4) is 0 Å². The van der Waals surface area contributed by atoms with Gasteiger partial charge in [0.2, 0.25) is 0 Å². The van der Waals surface area contributed by atoms with E-state index in [0.717, 1.165) is 32.4 Å². The van der Waals surface area contributed by atoms with E-state index in [1.54, 1.807) is 18.6 Å². The van der Waals surface area contributed by atoms with Crippen LogP contribution in [0.25, 0.3) is 33.9 Å². The van der Waals surface area contributed by atoms with Crippen molar-refractivity contribution in [2.45, 2.75) is 19.3 Å². The molecule has 3 aromatic heterocycles. The highest BCUT2D eigenvalue weighted by Crippen LogP contribution is 2.32. The normalized spacial score (nSPS) is 14.6. The molecule has 1 saturated heterocycles. The van der Waals surface area contributed by atoms with E-state index in [-0.39, 0.29) is 6.03 Å². The van der Waals surface area contributed by atoms with Gasteiger partial charge in [-0.1, -0.05) is 30.3 Å². The Balaban J connectivity index is 1.12.